The minimum atomic E-state index is -3.32. The molecule has 0 amide bonds. The van der Waals surface area contributed by atoms with Crippen LogP contribution in [0.1, 0.15) is 50.1 Å². The van der Waals surface area contributed by atoms with E-state index in [9.17, 15) is 8.42 Å². The average Bonchev–Trinajstić information content (AvgIpc) is 3.42. The van der Waals surface area contributed by atoms with Crippen LogP contribution < -0.4 is 4.74 Å². The van der Waals surface area contributed by atoms with Gasteiger partial charge in [0, 0.05) is 46.9 Å². The average molecular weight is 554 g/mol. The van der Waals surface area contributed by atoms with Gasteiger partial charge in [0.15, 0.2) is 0 Å². The number of rotatable bonds is 7. The molecule has 6 rings (SSSR count). The second kappa shape index (κ2) is 10.8. The maximum absolute atomic E-state index is 13.4. The van der Waals surface area contributed by atoms with E-state index in [-0.39, 0.29) is 17.6 Å². The maximum Gasteiger partial charge on any atom is 0.214 e. The summed E-state index contributed by atoms with van der Waals surface area (Å²) in [6.07, 6.45) is 10.8. The summed E-state index contributed by atoms with van der Waals surface area (Å²) in [5.74, 6) is 1.64. The summed E-state index contributed by atoms with van der Waals surface area (Å²) >= 11 is 5.95. The fraction of sp³-hybridized carbons (Fsp3) is 0.464. The normalized spacial score (nSPS) is 23.1. The summed E-state index contributed by atoms with van der Waals surface area (Å²) in [6, 6.07) is 9.32. The van der Waals surface area contributed by atoms with Crippen LogP contribution in [0.15, 0.2) is 49.1 Å². The van der Waals surface area contributed by atoms with E-state index in [1.807, 2.05) is 24.4 Å². The summed E-state index contributed by atoms with van der Waals surface area (Å²) in [5.41, 5.74) is 2.75. The lowest BCUT2D eigenvalue weighted by Gasteiger charge is -2.34. The predicted octanol–water partition coefficient (Wildman–Crippen LogP) is 5.55. The molecule has 0 bridgehead atoms. The highest BCUT2D eigenvalue weighted by Gasteiger charge is 2.33. The molecule has 0 spiro atoms. The predicted molar refractivity (Wildman–Crippen MR) is 149 cm³/mol. The Morgan fingerprint density at radius 2 is 1.82 bits per heavy atom. The molecule has 200 valence electrons. The third-order valence-corrected chi connectivity index (χ3v) is 10.3. The first kappa shape index (κ1) is 25.5. The van der Waals surface area contributed by atoms with Crippen LogP contribution in [0.4, 0.5) is 0 Å². The molecule has 1 aliphatic carbocycles. The van der Waals surface area contributed by atoms with Gasteiger partial charge in [-0.2, -0.15) is 0 Å². The van der Waals surface area contributed by atoms with Crippen LogP contribution in [0.5, 0.6) is 5.75 Å². The number of aromatic nitrogens is 4. The fourth-order valence-corrected chi connectivity index (χ4v) is 8.17. The molecule has 38 heavy (non-hydrogen) atoms. The minimum absolute atomic E-state index is 0.170. The van der Waals surface area contributed by atoms with Crippen LogP contribution in [-0.4, -0.2) is 58.1 Å². The zero-order chi connectivity index (χ0) is 26.1. The number of fused-ring (bicyclic) bond motifs is 3. The molecule has 0 radical (unpaired) electrons. The third-order valence-electron chi connectivity index (χ3n) is 8.07. The van der Waals surface area contributed by atoms with Gasteiger partial charge in [-0.25, -0.2) is 27.7 Å². The second-order valence-corrected chi connectivity index (χ2v) is 13.1. The van der Waals surface area contributed by atoms with E-state index in [0.717, 1.165) is 71.9 Å². The highest BCUT2D eigenvalue weighted by Crippen LogP contribution is 2.39. The van der Waals surface area contributed by atoms with Gasteiger partial charge >= 0.3 is 0 Å². The molecule has 3 aromatic heterocycles. The molecule has 4 heterocycles. The highest BCUT2D eigenvalue weighted by molar-refractivity contribution is 7.89. The molecule has 4 aromatic rings. The van der Waals surface area contributed by atoms with Crippen LogP contribution in [0.25, 0.3) is 21.9 Å². The number of nitrogens with one attached hydrogen (secondary N) is 1. The number of hydrogen-bond donors (Lipinski definition) is 1. The molecule has 8 nitrogen and oxygen atoms in total. The van der Waals surface area contributed by atoms with Crippen LogP contribution in [0.3, 0.4) is 0 Å². The quantitative estimate of drug-likeness (QED) is 0.322. The van der Waals surface area contributed by atoms with Crippen molar-refractivity contribution >= 4 is 43.6 Å². The zero-order valence-electron chi connectivity index (χ0n) is 21.2. The Bertz CT molecular complexity index is 1520. The molecule has 2 aliphatic rings. The lowest BCUT2D eigenvalue weighted by molar-refractivity contribution is 0.179. The molecule has 1 unspecified atom stereocenters. The van der Waals surface area contributed by atoms with E-state index in [2.05, 4.69) is 19.9 Å². The molecule has 1 aliphatic heterocycles. The number of ether oxygens (including phenoxy) is 1. The molecular formula is C28H32ClN5O3S. The topological polar surface area (TPSA) is 101 Å². The van der Waals surface area contributed by atoms with E-state index in [1.165, 1.54) is 0 Å². The van der Waals surface area contributed by atoms with E-state index in [0.29, 0.717) is 30.6 Å². The van der Waals surface area contributed by atoms with E-state index in [1.54, 1.807) is 29.0 Å². The van der Waals surface area contributed by atoms with Crippen LogP contribution in [0.2, 0.25) is 5.02 Å². The Kier molecular flexibility index (Phi) is 7.24. The number of sulfonamides is 1. The molecule has 10 heteroatoms. The Morgan fingerprint density at radius 3 is 2.63 bits per heavy atom. The van der Waals surface area contributed by atoms with Crippen molar-refractivity contribution < 1.29 is 13.2 Å². The highest BCUT2D eigenvalue weighted by atomic mass is 35.5. The van der Waals surface area contributed by atoms with Crippen molar-refractivity contribution in [1.29, 1.82) is 0 Å². The number of benzene rings is 1. The van der Waals surface area contributed by atoms with Gasteiger partial charge in [-0.15, -0.1) is 0 Å². The number of piperidine rings is 1. The Labute approximate surface area is 227 Å². The van der Waals surface area contributed by atoms with Gasteiger partial charge in [0.05, 0.1) is 29.8 Å². The largest absolute Gasteiger partial charge is 0.493 e. The van der Waals surface area contributed by atoms with Crippen molar-refractivity contribution in [2.45, 2.75) is 44.4 Å². The molecule has 1 saturated heterocycles. The van der Waals surface area contributed by atoms with Gasteiger partial charge in [-0.3, -0.25) is 0 Å². The molecule has 1 N–H and O–H groups in total. The number of aromatic amines is 1. The first-order chi connectivity index (χ1) is 18.5. The minimum Gasteiger partial charge on any atom is -0.493 e. The van der Waals surface area contributed by atoms with Crippen molar-refractivity contribution in [2.75, 3.05) is 25.4 Å². The summed E-state index contributed by atoms with van der Waals surface area (Å²) in [7, 11) is -3.32. The Hall–Kier alpha value is -2.75. The van der Waals surface area contributed by atoms with Crippen molar-refractivity contribution in [3.8, 4) is 5.75 Å². The van der Waals surface area contributed by atoms with E-state index >= 15 is 0 Å². The Balaban J connectivity index is 1.07. The number of H-pyrrole nitrogens is 1. The maximum atomic E-state index is 13.4. The lowest BCUT2D eigenvalue weighted by atomic mass is 9.80. The summed E-state index contributed by atoms with van der Waals surface area (Å²) in [6.45, 7) is 1.64. The van der Waals surface area contributed by atoms with Crippen molar-refractivity contribution in [3.63, 3.8) is 0 Å². The van der Waals surface area contributed by atoms with Crippen molar-refractivity contribution in [2.24, 2.45) is 11.8 Å². The first-order valence-electron chi connectivity index (χ1n) is 13.4. The first-order valence-corrected chi connectivity index (χ1v) is 15.4. The van der Waals surface area contributed by atoms with Gasteiger partial charge in [-0.05, 0) is 74.8 Å². The monoisotopic (exact) mass is 553 g/mol. The summed E-state index contributed by atoms with van der Waals surface area (Å²) in [5, 5.41) is 2.78. The molecule has 1 atom stereocenters. The van der Waals surface area contributed by atoms with Crippen LogP contribution >= 0.6 is 11.6 Å². The SMILES string of the molecule is O=S(=O)(CC1CCC(c2ncnc3cnc4[nH]ccc4c23)CC1)N1CCCC(COc2ccc(Cl)cc2)C1. The van der Waals surface area contributed by atoms with Gasteiger partial charge in [0.1, 0.15) is 17.7 Å². The van der Waals surface area contributed by atoms with E-state index in [4.69, 9.17) is 16.3 Å². The Morgan fingerprint density at radius 1 is 1.00 bits per heavy atom. The molecule has 1 aromatic carbocycles. The van der Waals surface area contributed by atoms with Crippen molar-refractivity contribution in [3.05, 3.63) is 59.8 Å². The number of nitrogens with zero attached hydrogens (tertiary/aromatic N) is 4. The smallest absolute Gasteiger partial charge is 0.214 e. The standard InChI is InChI=1S/C28H32ClN5O3S/c29-22-7-9-23(10-8-22)37-16-20-2-1-13-34(15-20)38(35,36)17-19-3-5-21(6-4-19)27-26-24-11-12-30-28(24)31-14-25(26)32-18-33-27/h7-12,14,18-21H,1-6,13,15-17H2,(H,30,31). The van der Waals surface area contributed by atoms with Gasteiger partial charge < -0.3 is 9.72 Å². The molecule has 1 saturated carbocycles. The van der Waals surface area contributed by atoms with Gasteiger partial charge in [-0.1, -0.05) is 11.6 Å². The molecular weight excluding hydrogens is 522 g/mol. The number of hydrogen-bond acceptors (Lipinski definition) is 6. The summed E-state index contributed by atoms with van der Waals surface area (Å²) in [4.78, 5) is 16.8. The number of halogens is 1. The van der Waals surface area contributed by atoms with Crippen LogP contribution in [-0.2, 0) is 10.0 Å². The van der Waals surface area contributed by atoms with Crippen LogP contribution in [0, 0.1) is 11.8 Å². The molecule has 2 fully saturated rings. The zero-order valence-corrected chi connectivity index (χ0v) is 22.8. The fourth-order valence-electron chi connectivity index (χ4n) is 6.06. The number of pyridine rings is 1. The van der Waals surface area contributed by atoms with Gasteiger partial charge in [0.2, 0.25) is 10.0 Å². The summed E-state index contributed by atoms with van der Waals surface area (Å²) < 4.78 is 34.4. The lowest BCUT2D eigenvalue weighted by Crippen LogP contribution is -2.43. The third kappa shape index (κ3) is 5.37. The van der Waals surface area contributed by atoms with E-state index < -0.39 is 10.0 Å². The second-order valence-electron chi connectivity index (χ2n) is 10.6. The van der Waals surface area contributed by atoms with Crippen molar-refractivity contribution in [1.82, 2.24) is 24.2 Å². The van der Waals surface area contributed by atoms with Gasteiger partial charge in [0.25, 0.3) is 0 Å².